The molecule has 0 N–H and O–H groups in total. The summed E-state index contributed by atoms with van der Waals surface area (Å²) in [4.78, 5) is 0. The zero-order valence-corrected chi connectivity index (χ0v) is 8.32. The molecule has 68 valence electrons. The van der Waals surface area contributed by atoms with Crippen LogP contribution < -0.4 is 0 Å². The molecule has 0 nitrogen and oxygen atoms in total. The Hall–Kier alpha value is -0.490. The van der Waals surface area contributed by atoms with E-state index in [0.717, 1.165) is 19.3 Å². The largest absolute Gasteiger partial charge is 0.126 e. The lowest BCUT2D eigenvalue weighted by atomic mass is 9.80. The second-order valence-corrected chi connectivity index (χ2v) is 3.38. The molecule has 0 aromatic carbocycles. The molecule has 0 aliphatic rings. The maximum Gasteiger partial charge on any atom is 0.0288 e. The standard InChI is InChI=1S/C11H17Cl/c1-4-7-11(10-12,8-5-2)9-6-3/h4-6H,1-3,7-10H2. The lowest BCUT2D eigenvalue weighted by Crippen LogP contribution is -2.20. The summed E-state index contributed by atoms with van der Waals surface area (Å²) in [6.07, 6.45) is 8.51. The first-order valence-electron chi connectivity index (χ1n) is 4.13. The van der Waals surface area contributed by atoms with Crippen molar-refractivity contribution in [1.82, 2.24) is 0 Å². The highest BCUT2D eigenvalue weighted by Gasteiger charge is 2.24. The van der Waals surface area contributed by atoms with Gasteiger partial charge in [-0.1, -0.05) is 18.2 Å². The van der Waals surface area contributed by atoms with Crippen molar-refractivity contribution in [2.24, 2.45) is 5.41 Å². The quantitative estimate of drug-likeness (QED) is 0.415. The SMILES string of the molecule is C=CCC(CCl)(CC=C)CC=C. The van der Waals surface area contributed by atoms with E-state index in [-0.39, 0.29) is 5.41 Å². The topological polar surface area (TPSA) is 0 Å². The van der Waals surface area contributed by atoms with Gasteiger partial charge in [0.2, 0.25) is 0 Å². The fourth-order valence-electron chi connectivity index (χ4n) is 1.33. The highest BCUT2D eigenvalue weighted by Crippen LogP contribution is 2.33. The van der Waals surface area contributed by atoms with Crippen LogP contribution in [0.25, 0.3) is 0 Å². The summed E-state index contributed by atoms with van der Waals surface area (Å²) >= 11 is 5.92. The highest BCUT2D eigenvalue weighted by molar-refractivity contribution is 6.18. The van der Waals surface area contributed by atoms with Crippen LogP contribution in [0.15, 0.2) is 38.0 Å². The molecule has 0 spiro atoms. The summed E-state index contributed by atoms with van der Waals surface area (Å²) in [6.45, 7) is 11.2. The Bertz CT molecular complexity index is 132. The minimum absolute atomic E-state index is 0.104. The molecule has 0 bridgehead atoms. The average Bonchev–Trinajstić information content (AvgIpc) is 2.06. The van der Waals surface area contributed by atoms with Crippen LogP contribution >= 0.6 is 11.6 Å². The molecule has 0 unspecified atom stereocenters. The van der Waals surface area contributed by atoms with E-state index in [1.54, 1.807) is 0 Å². The van der Waals surface area contributed by atoms with Gasteiger partial charge in [-0.25, -0.2) is 0 Å². The Morgan fingerprint density at radius 1 is 0.917 bits per heavy atom. The molecule has 0 saturated carbocycles. The van der Waals surface area contributed by atoms with E-state index >= 15 is 0 Å². The molecule has 0 aromatic heterocycles. The fourth-order valence-corrected chi connectivity index (χ4v) is 1.66. The monoisotopic (exact) mass is 184 g/mol. The second kappa shape index (κ2) is 6.07. The number of hydrogen-bond donors (Lipinski definition) is 0. The maximum absolute atomic E-state index is 5.92. The van der Waals surface area contributed by atoms with Crippen LogP contribution in [0.1, 0.15) is 19.3 Å². The van der Waals surface area contributed by atoms with Gasteiger partial charge in [0.25, 0.3) is 0 Å². The Kier molecular flexibility index (Phi) is 5.83. The van der Waals surface area contributed by atoms with Gasteiger partial charge in [-0.3, -0.25) is 0 Å². The molecule has 0 heterocycles. The third-order valence-corrected chi connectivity index (χ3v) is 2.58. The summed E-state index contributed by atoms with van der Waals surface area (Å²) in [5.74, 6) is 0.636. The van der Waals surface area contributed by atoms with Gasteiger partial charge in [-0.2, -0.15) is 0 Å². The van der Waals surface area contributed by atoms with E-state index in [2.05, 4.69) is 19.7 Å². The molecule has 0 aliphatic heterocycles. The molecule has 0 atom stereocenters. The summed E-state index contributed by atoms with van der Waals surface area (Å²) in [7, 11) is 0. The molecular formula is C11H17Cl. The first-order chi connectivity index (χ1) is 5.74. The lowest BCUT2D eigenvalue weighted by Gasteiger charge is -2.28. The first kappa shape index (κ1) is 11.5. The molecule has 0 aliphatic carbocycles. The van der Waals surface area contributed by atoms with Gasteiger partial charge < -0.3 is 0 Å². The van der Waals surface area contributed by atoms with Gasteiger partial charge in [0, 0.05) is 5.88 Å². The smallest absolute Gasteiger partial charge is 0.0288 e. The zero-order chi connectivity index (χ0) is 9.45. The van der Waals surface area contributed by atoms with Crippen molar-refractivity contribution >= 4 is 11.6 Å². The van der Waals surface area contributed by atoms with Crippen molar-refractivity contribution in [2.45, 2.75) is 19.3 Å². The van der Waals surface area contributed by atoms with E-state index in [9.17, 15) is 0 Å². The van der Waals surface area contributed by atoms with Crippen molar-refractivity contribution in [3.63, 3.8) is 0 Å². The molecular weight excluding hydrogens is 168 g/mol. The average molecular weight is 185 g/mol. The van der Waals surface area contributed by atoms with Gasteiger partial charge >= 0.3 is 0 Å². The third-order valence-electron chi connectivity index (χ3n) is 2.02. The van der Waals surface area contributed by atoms with E-state index in [1.165, 1.54) is 0 Å². The first-order valence-corrected chi connectivity index (χ1v) is 4.67. The Balaban J connectivity index is 4.35. The van der Waals surface area contributed by atoms with Crippen LogP contribution in [-0.2, 0) is 0 Å². The molecule has 0 aromatic rings. The molecule has 12 heavy (non-hydrogen) atoms. The second-order valence-electron chi connectivity index (χ2n) is 3.11. The fraction of sp³-hybridized carbons (Fsp3) is 0.455. The summed E-state index contributed by atoms with van der Waals surface area (Å²) < 4.78 is 0. The van der Waals surface area contributed by atoms with Crippen LogP contribution in [0.3, 0.4) is 0 Å². The number of allylic oxidation sites excluding steroid dienone is 3. The van der Waals surface area contributed by atoms with Crippen LogP contribution in [0.4, 0.5) is 0 Å². The van der Waals surface area contributed by atoms with E-state index in [1.807, 2.05) is 18.2 Å². The molecule has 0 amide bonds. The summed E-state index contributed by atoms with van der Waals surface area (Å²) in [5, 5.41) is 0. The lowest BCUT2D eigenvalue weighted by molar-refractivity contribution is 0.344. The normalized spacial score (nSPS) is 10.8. The zero-order valence-electron chi connectivity index (χ0n) is 7.56. The van der Waals surface area contributed by atoms with Gasteiger partial charge in [0.1, 0.15) is 0 Å². The molecule has 0 rings (SSSR count). The van der Waals surface area contributed by atoms with Gasteiger partial charge in [-0.05, 0) is 24.7 Å². The van der Waals surface area contributed by atoms with Crippen molar-refractivity contribution in [1.29, 1.82) is 0 Å². The van der Waals surface area contributed by atoms with Gasteiger partial charge in [0.05, 0.1) is 0 Å². The summed E-state index contributed by atoms with van der Waals surface area (Å²) in [5.41, 5.74) is 0.104. The Labute approximate surface area is 80.6 Å². The van der Waals surface area contributed by atoms with Crippen molar-refractivity contribution in [3.05, 3.63) is 38.0 Å². The number of alkyl halides is 1. The van der Waals surface area contributed by atoms with Crippen LogP contribution in [0.5, 0.6) is 0 Å². The third kappa shape index (κ3) is 3.27. The van der Waals surface area contributed by atoms with Crippen LogP contribution in [0, 0.1) is 5.41 Å². The van der Waals surface area contributed by atoms with Crippen LogP contribution in [-0.4, -0.2) is 5.88 Å². The molecule has 0 radical (unpaired) electrons. The predicted molar refractivity (Wildman–Crippen MR) is 57.6 cm³/mol. The van der Waals surface area contributed by atoms with Crippen molar-refractivity contribution in [2.75, 3.05) is 5.88 Å². The Morgan fingerprint density at radius 2 is 1.25 bits per heavy atom. The van der Waals surface area contributed by atoms with Gasteiger partial charge in [0.15, 0.2) is 0 Å². The minimum Gasteiger partial charge on any atom is -0.126 e. The molecule has 0 saturated heterocycles. The van der Waals surface area contributed by atoms with Gasteiger partial charge in [-0.15, -0.1) is 31.3 Å². The number of hydrogen-bond acceptors (Lipinski definition) is 0. The highest BCUT2D eigenvalue weighted by atomic mass is 35.5. The van der Waals surface area contributed by atoms with Crippen LogP contribution in [0.2, 0.25) is 0 Å². The van der Waals surface area contributed by atoms with Crippen molar-refractivity contribution < 1.29 is 0 Å². The summed E-state index contributed by atoms with van der Waals surface area (Å²) in [6, 6.07) is 0. The molecule has 0 fully saturated rings. The molecule has 1 heteroatoms. The minimum atomic E-state index is 0.104. The van der Waals surface area contributed by atoms with Crippen molar-refractivity contribution in [3.8, 4) is 0 Å². The maximum atomic E-state index is 5.92. The predicted octanol–water partition coefficient (Wildman–Crippen LogP) is 3.94. The Morgan fingerprint density at radius 3 is 1.42 bits per heavy atom. The number of halogens is 1. The van der Waals surface area contributed by atoms with E-state index < -0.39 is 0 Å². The number of rotatable bonds is 7. The van der Waals surface area contributed by atoms with E-state index in [4.69, 9.17) is 11.6 Å². The van der Waals surface area contributed by atoms with E-state index in [0.29, 0.717) is 5.88 Å².